The molecule has 1 aliphatic carbocycles. The van der Waals surface area contributed by atoms with E-state index in [4.69, 9.17) is 9.47 Å². The van der Waals surface area contributed by atoms with Crippen LogP contribution in [0.3, 0.4) is 0 Å². The second-order valence-electron chi connectivity index (χ2n) is 6.65. The fourth-order valence-electron chi connectivity index (χ4n) is 2.76. The highest BCUT2D eigenvalue weighted by Gasteiger charge is 2.24. The van der Waals surface area contributed by atoms with E-state index in [2.05, 4.69) is 21.0 Å². The Balaban J connectivity index is 0.00000300. The maximum atomic E-state index is 12.7. The van der Waals surface area contributed by atoms with Crippen LogP contribution in [-0.4, -0.2) is 48.4 Å². The highest BCUT2D eigenvalue weighted by atomic mass is 35.5. The largest absolute Gasteiger partial charge is 0.493 e. The van der Waals surface area contributed by atoms with Crippen molar-refractivity contribution in [2.45, 2.75) is 24.9 Å². The number of carbonyl (C=O) groups excluding carboxylic acids is 2. The van der Waals surface area contributed by atoms with Crippen molar-refractivity contribution in [3.8, 4) is 11.5 Å². The average Bonchev–Trinajstić information content (AvgIpc) is 3.39. The number of anilines is 1. The molecule has 1 fully saturated rings. The summed E-state index contributed by atoms with van der Waals surface area (Å²) >= 11 is 0. The van der Waals surface area contributed by atoms with E-state index in [1.807, 2.05) is 0 Å². The van der Waals surface area contributed by atoms with Crippen molar-refractivity contribution >= 4 is 29.9 Å². The van der Waals surface area contributed by atoms with E-state index < -0.39 is 6.04 Å². The fourth-order valence-corrected chi connectivity index (χ4v) is 2.76. The van der Waals surface area contributed by atoms with Gasteiger partial charge in [-0.3, -0.25) is 14.3 Å². The Bertz CT molecular complexity index is 853. The van der Waals surface area contributed by atoms with Crippen LogP contribution in [-0.2, 0) is 16.6 Å². The SMILES string of the molecule is CNC(C(=O)Nc1ccc(OC)c(OCC(=O)NC2CC2)c1)c1cnn(C)c1.Cl. The summed E-state index contributed by atoms with van der Waals surface area (Å²) in [4.78, 5) is 24.5. The summed E-state index contributed by atoms with van der Waals surface area (Å²) < 4.78 is 12.5. The number of nitrogens with one attached hydrogen (secondary N) is 3. The molecule has 0 radical (unpaired) electrons. The number of hydrogen-bond donors (Lipinski definition) is 3. The van der Waals surface area contributed by atoms with Gasteiger partial charge in [0.25, 0.3) is 5.91 Å². The molecule has 1 aromatic heterocycles. The van der Waals surface area contributed by atoms with Crippen molar-refractivity contribution in [3.05, 3.63) is 36.2 Å². The molecular formula is C19H26ClN5O4. The third kappa shape index (κ3) is 6.10. The van der Waals surface area contributed by atoms with Crippen LogP contribution in [0.15, 0.2) is 30.6 Å². The molecule has 2 aromatic rings. The number of halogens is 1. The molecule has 1 heterocycles. The lowest BCUT2D eigenvalue weighted by molar-refractivity contribution is -0.123. The van der Waals surface area contributed by atoms with Gasteiger partial charge in [0.15, 0.2) is 18.1 Å². The van der Waals surface area contributed by atoms with Gasteiger partial charge >= 0.3 is 0 Å². The van der Waals surface area contributed by atoms with E-state index in [1.54, 1.807) is 49.4 Å². The number of benzene rings is 1. The summed E-state index contributed by atoms with van der Waals surface area (Å²) in [6.45, 7) is -0.112. The Morgan fingerprint density at radius 3 is 2.66 bits per heavy atom. The minimum absolute atomic E-state index is 0. The summed E-state index contributed by atoms with van der Waals surface area (Å²) in [5.74, 6) is 0.451. The third-order valence-electron chi connectivity index (χ3n) is 4.34. The first-order valence-corrected chi connectivity index (χ1v) is 9.07. The molecule has 1 aromatic carbocycles. The molecule has 0 spiro atoms. The normalized spacial score (nSPS) is 13.8. The van der Waals surface area contributed by atoms with Crippen LogP contribution in [0.1, 0.15) is 24.4 Å². The van der Waals surface area contributed by atoms with Crippen molar-refractivity contribution in [3.63, 3.8) is 0 Å². The number of carbonyl (C=O) groups is 2. The average molecular weight is 424 g/mol. The van der Waals surface area contributed by atoms with E-state index in [1.165, 1.54) is 7.11 Å². The Hall–Kier alpha value is -2.78. The molecule has 10 heteroatoms. The molecule has 2 amide bonds. The number of nitrogens with zero attached hydrogens (tertiary/aromatic N) is 2. The van der Waals surface area contributed by atoms with Gasteiger partial charge in [-0.25, -0.2) is 0 Å². The van der Waals surface area contributed by atoms with Crippen LogP contribution >= 0.6 is 12.4 Å². The predicted octanol–water partition coefficient (Wildman–Crippen LogP) is 1.41. The summed E-state index contributed by atoms with van der Waals surface area (Å²) in [5.41, 5.74) is 1.29. The van der Waals surface area contributed by atoms with Gasteiger partial charge in [0.1, 0.15) is 6.04 Å². The van der Waals surface area contributed by atoms with E-state index in [9.17, 15) is 9.59 Å². The molecular weight excluding hydrogens is 398 g/mol. The molecule has 3 N–H and O–H groups in total. The van der Waals surface area contributed by atoms with Gasteiger partial charge in [0, 0.05) is 36.6 Å². The Labute approximate surface area is 175 Å². The van der Waals surface area contributed by atoms with Crippen LogP contribution in [0.5, 0.6) is 11.5 Å². The molecule has 3 rings (SSSR count). The maximum Gasteiger partial charge on any atom is 0.258 e. The number of ether oxygens (including phenoxy) is 2. The lowest BCUT2D eigenvalue weighted by Gasteiger charge is -2.16. The van der Waals surface area contributed by atoms with Crippen molar-refractivity contribution in [2.75, 3.05) is 26.1 Å². The molecule has 1 aliphatic rings. The van der Waals surface area contributed by atoms with Crippen LogP contribution in [0.2, 0.25) is 0 Å². The monoisotopic (exact) mass is 423 g/mol. The number of methoxy groups -OCH3 is 1. The van der Waals surface area contributed by atoms with Crippen molar-refractivity contribution in [1.29, 1.82) is 0 Å². The van der Waals surface area contributed by atoms with Crippen molar-refractivity contribution in [1.82, 2.24) is 20.4 Å². The first kappa shape index (κ1) is 22.5. The van der Waals surface area contributed by atoms with Gasteiger partial charge in [-0.2, -0.15) is 5.10 Å². The molecule has 0 saturated heterocycles. The summed E-state index contributed by atoms with van der Waals surface area (Å²) in [7, 11) is 5.02. The second kappa shape index (κ2) is 10.1. The van der Waals surface area contributed by atoms with E-state index >= 15 is 0 Å². The topological polar surface area (TPSA) is 107 Å². The quantitative estimate of drug-likeness (QED) is 0.563. The van der Waals surface area contributed by atoms with Crippen LogP contribution < -0.4 is 25.4 Å². The molecule has 9 nitrogen and oxygen atoms in total. The first-order valence-electron chi connectivity index (χ1n) is 9.07. The van der Waals surface area contributed by atoms with E-state index in [0.717, 1.165) is 18.4 Å². The number of likely N-dealkylation sites (N-methyl/N-ethyl adjacent to an activating group) is 1. The number of rotatable bonds is 9. The first-order chi connectivity index (χ1) is 13.5. The fraction of sp³-hybridized carbons (Fsp3) is 0.421. The predicted molar refractivity (Wildman–Crippen MR) is 111 cm³/mol. The van der Waals surface area contributed by atoms with Crippen LogP contribution in [0, 0.1) is 0 Å². The zero-order valence-corrected chi connectivity index (χ0v) is 17.4. The van der Waals surface area contributed by atoms with Gasteiger partial charge < -0.3 is 25.4 Å². The molecule has 0 aliphatic heterocycles. The maximum absolute atomic E-state index is 12.7. The van der Waals surface area contributed by atoms with E-state index in [0.29, 0.717) is 17.2 Å². The highest BCUT2D eigenvalue weighted by Crippen LogP contribution is 2.30. The zero-order valence-electron chi connectivity index (χ0n) is 16.6. The number of aromatic nitrogens is 2. The summed E-state index contributed by atoms with van der Waals surface area (Å²) in [6, 6.07) is 4.75. The lowest BCUT2D eigenvalue weighted by atomic mass is 10.1. The Morgan fingerprint density at radius 1 is 1.31 bits per heavy atom. The van der Waals surface area contributed by atoms with Gasteiger partial charge in [-0.1, -0.05) is 0 Å². The number of aryl methyl sites for hydroxylation is 1. The zero-order chi connectivity index (χ0) is 20.1. The third-order valence-corrected chi connectivity index (χ3v) is 4.34. The van der Waals surface area contributed by atoms with Gasteiger partial charge in [-0.05, 0) is 32.0 Å². The van der Waals surface area contributed by atoms with Crippen molar-refractivity contribution in [2.24, 2.45) is 7.05 Å². The van der Waals surface area contributed by atoms with Crippen molar-refractivity contribution < 1.29 is 19.1 Å². The van der Waals surface area contributed by atoms with Gasteiger partial charge in [-0.15, -0.1) is 12.4 Å². The lowest BCUT2D eigenvalue weighted by Crippen LogP contribution is -2.31. The van der Waals surface area contributed by atoms with Crippen LogP contribution in [0.4, 0.5) is 5.69 Å². The molecule has 1 saturated carbocycles. The number of hydrogen-bond acceptors (Lipinski definition) is 6. The Morgan fingerprint density at radius 2 is 2.07 bits per heavy atom. The second-order valence-corrected chi connectivity index (χ2v) is 6.65. The van der Waals surface area contributed by atoms with Crippen LogP contribution in [0.25, 0.3) is 0 Å². The minimum Gasteiger partial charge on any atom is -0.493 e. The smallest absolute Gasteiger partial charge is 0.258 e. The molecule has 29 heavy (non-hydrogen) atoms. The standard InChI is InChI=1S/C19H25N5O4.ClH/c1-20-18(12-9-21-24(2)10-12)19(26)23-14-6-7-15(27-3)16(8-14)28-11-17(25)22-13-4-5-13;/h6-10,13,18,20H,4-5,11H2,1-3H3,(H,22,25)(H,23,26);1H. The van der Waals surface area contributed by atoms with Gasteiger partial charge in [0.05, 0.1) is 13.3 Å². The van der Waals surface area contributed by atoms with E-state index in [-0.39, 0.29) is 36.9 Å². The Kier molecular flexibility index (Phi) is 7.86. The summed E-state index contributed by atoms with van der Waals surface area (Å²) in [5, 5.41) is 12.8. The number of amides is 2. The molecule has 1 atom stereocenters. The summed E-state index contributed by atoms with van der Waals surface area (Å²) in [6.07, 6.45) is 5.45. The highest BCUT2D eigenvalue weighted by molar-refractivity contribution is 5.95. The molecule has 0 bridgehead atoms. The van der Waals surface area contributed by atoms with Gasteiger partial charge in [0.2, 0.25) is 5.91 Å². The minimum atomic E-state index is -0.551. The molecule has 158 valence electrons. The molecule has 1 unspecified atom stereocenters.